The number of nitrogens with zero attached hydrogens (tertiary/aromatic N) is 4. The number of fused-ring (bicyclic) bond motifs is 2. The van der Waals surface area contributed by atoms with Crippen molar-refractivity contribution in [2.45, 2.75) is 24.9 Å². The molecule has 1 aromatic heterocycles. The maximum atomic E-state index is 5.04. The molecule has 1 aromatic carbocycles. The van der Waals surface area contributed by atoms with E-state index in [1.54, 1.807) is 7.11 Å². The summed E-state index contributed by atoms with van der Waals surface area (Å²) in [5.41, 5.74) is 3.45. The SMILES string of the molecule is COc1ncc(-c2ccccc2N2CC3CCC(C2)[N]3)cn1. The minimum atomic E-state index is 0.399. The maximum Gasteiger partial charge on any atom is 0.316 e. The topological polar surface area (TPSA) is 52.4 Å². The van der Waals surface area contributed by atoms with E-state index < -0.39 is 0 Å². The van der Waals surface area contributed by atoms with Crippen LogP contribution in [0.1, 0.15) is 12.8 Å². The Labute approximate surface area is 130 Å². The Bertz CT molecular complexity index is 646. The molecule has 5 nitrogen and oxygen atoms in total. The van der Waals surface area contributed by atoms with Crippen LogP contribution in [0.2, 0.25) is 0 Å². The van der Waals surface area contributed by atoms with E-state index in [9.17, 15) is 0 Å². The summed E-state index contributed by atoms with van der Waals surface area (Å²) in [7, 11) is 1.58. The Balaban J connectivity index is 1.68. The number of anilines is 1. The Hall–Kier alpha value is -2.14. The first kappa shape index (κ1) is 13.5. The fraction of sp³-hybridized carbons (Fsp3) is 0.412. The predicted molar refractivity (Wildman–Crippen MR) is 85.2 cm³/mol. The van der Waals surface area contributed by atoms with E-state index >= 15 is 0 Å². The van der Waals surface area contributed by atoms with Crippen molar-refractivity contribution in [2.24, 2.45) is 0 Å². The summed E-state index contributed by atoms with van der Waals surface area (Å²) in [6.45, 7) is 2.04. The second-order valence-corrected chi connectivity index (χ2v) is 5.91. The molecule has 2 atom stereocenters. The van der Waals surface area contributed by atoms with Crippen molar-refractivity contribution in [2.75, 3.05) is 25.1 Å². The van der Waals surface area contributed by atoms with Crippen LogP contribution < -0.4 is 15.0 Å². The van der Waals surface area contributed by atoms with Gasteiger partial charge in [-0.05, 0) is 18.9 Å². The lowest BCUT2D eigenvalue weighted by atomic mass is 10.0. The average Bonchev–Trinajstić information content (AvgIpc) is 2.93. The van der Waals surface area contributed by atoms with Crippen molar-refractivity contribution in [1.29, 1.82) is 0 Å². The van der Waals surface area contributed by atoms with Crippen LogP contribution in [0.5, 0.6) is 6.01 Å². The standard InChI is InChI=1S/C17H19N4O/c1-22-17-18-8-12(9-19-17)15-4-2-3-5-16(15)21-10-13-6-7-14(11-21)20-13/h2-5,8-9,13-14H,6-7,10-11H2,1H3. The van der Waals surface area contributed by atoms with E-state index in [-0.39, 0.29) is 0 Å². The molecule has 2 unspecified atom stereocenters. The largest absolute Gasteiger partial charge is 0.467 e. The summed E-state index contributed by atoms with van der Waals surface area (Å²) in [6.07, 6.45) is 6.12. The second-order valence-electron chi connectivity index (χ2n) is 5.91. The van der Waals surface area contributed by atoms with Crippen LogP contribution in [-0.2, 0) is 0 Å². The van der Waals surface area contributed by atoms with Gasteiger partial charge in [0.25, 0.3) is 0 Å². The molecule has 22 heavy (non-hydrogen) atoms. The van der Waals surface area contributed by atoms with Crippen LogP contribution in [0.3, 0.4) is 0 Å². The highest BCUT2D eigenvalue weighted by molar-refractivity contribution is 5.78. The third-order valence-electron chi connectivity index (χ3n) is 4.48. The van der Waals surface area contributed by atoms with Crippen LogP contribution >= 0.6 is 0 Å². The van der Waals surface area contributed by atoms with Crippen LogP contribution in [0.25, 0.3) is 11.1 Å². The van der Waals surface area contributed by atoms with Gasteiger partial charge in [0, 0.05) is 54.4 Å². The zero-order chi connectivity index (χ0) is 14.9. The van der Waals surface area contributed by atoms with Crippen LogP contribution in [0.15, 0.2) is 36.7 Å². The van der Waals surface area contributed by atoms with Gasteiger partial charge < -0.3 is 9.64 Å². The molecular formula is C17H19N4O. The molecule has 4 rings (SSSR count). The number of aromatic nitrogens is 2. The predicted octanol–water partition coefficient (Wildman–Crippen LogP) is 2.11. The zero-order valence-electron chi connectivity index (χ0n) is 12.6. The summed E-state index contributed by atoms with van der Waals surface area (Å²) in [4.78, 5) is 10.9. The molecule has 0 N–H and O–H groups in total. The lowest BCUT2D eigenvalue weighted by molar-refractivity contribution is 0.380. The first-order chi connectivity index (χ1) is 10.8. The molecule has 2 saturated heterocycles. The highest BCUT2D eigenvalue weighted by Crippen LogP contribution is 2.34. The normalized spacial score (nSPS) is 23.6. The van der Waals surface area contributed by atoms with E-state index in [0.717, 1.165) is 18.7 Å². The van der Waals surface area contributed by atoms with Crippen LogP contribution in [0.4, 0.5) is 5.69 Å². The molecule has 0 amide bonds. The number of ether oxygens (including phenoxy) is 1. The van der Waals surface area contributed by atoms with Crippen molar-refractivity contribution in [3.63, 3.8) is 0 Å². The minimum Gasteiger partial charge on any atom is -0.467 e. The number of hydrogen-bond donors (Lipinski definition) is 0. The van der Waals surface area contributed by atoms with Gasteiger partial charge >= 0.3 is 6.01 Å². The van der Waals surface area contributed by atoms with Gasteiger partial charge in [-0.2, -0.15) is 0 Å². The van der Waals surface area contributed by atoms with Gasteiger partial charge in [-0.15, -0.1) is 0 Å². The summed E-state index contributed by atoms with van der Waals surface area (Å²) in [5, 5.41) is 4.81. The van der Waals surface area contributed by atoms with Crippen molar-refractivity contribution in [3.05, 3.63) is 36.7 Å². The monoisotopic (exact) mass is 295 g/mol. The first-order valence-corrected chi connectivity index (χ1v) is 7.74. The number of benzene rings is 1. The Morgan fingerprint density at radius 3 is 2.41 bits per heavy atom. The average molecular weight is 295 g/mol. The molecule has 2 bridgehead atoms. The molecule has 1 radical (unpaired) electrons. The van der Waals surface area contributed by atoms with Gasteiger partial charge in [-0.3, -0.25) is 0 Å². The Morgan fingerprint density at radius 1 is 1.05 bits per heavy atom. The molecule has 2 aliphatic rings. The smallest absolute Gasteiger partial charge is 0.316 e. The third kappa shape index (κ3) is 2.41. The van der Waals surface area contributed by atoms with Crippen molar-refractivity contribution in [1.82, 2.24) is 15.3 Å². The Morgan fingerprint density at radius 2 is 1.73 bits per heavy atom. The van der Waals surface area contributed by atoms with Gasteiger partial charge in [0.1, 0.15) is 0 Å². The molecule has 0 aliphatic carbocycles. The zero-order valence-corrected chi connectivity index (χ0v) is 12.6. The first-order valence-electron chi connectivity index (χ1n) is 7.74. The van der Waals surface area contributed by atoms with Crippen molar-refractivity contribution >= 4 is 5.69 Å². The van der Waals surface area contributed by atoms with E-state index in [2.05, 4.69) is 39.1 Å². The van der Waals surface area contributed by atoms with Gasteiger partial charge in [-0.1, -0.05) is 18.2 Å². The molecule has 2 aliphatic heterocycles. The third-order valence-corrected chi connectivity index (χ3v) is 4.48. The van der Waals surface area contributed by atoms with E-state index in [1.165, 1.54) is 24.1 Å². The molecule has 2 aromatic rings. The van der Waals surface area contributed by atoms with Crippen LogP contribution in [0, 0.1) is 0 Å². The minimum absolute atomic E-state index is 0.399. The van der Waals surface area contributed by atoms with Gasteiger partial charge in [0.05, 0.1) is 7.11 Å². The molecule has 5 heteroatoms. The molecule has 113 valence electrons. The second kappa shape index (κ2) is 5.57. The van der Waals surface area contributed by atoms with E-state index in [0.29, 0.717) is 18.1 Å². The quantitative estimate of drug-likeness (QED) is 0.870. The van der Waals surface area contributed by atoms with E-state index in [4.69, 9.17) is 10.1 Å². The van der Waals surface area contributed by atoms with Crippen molar-refractivity contribution < 1.29 is 4.74 Å². The van der Waals surface area contributed by atoms with E-state index in [1.807, 2.05) is 12.4 Å². The summed E-state index contributed by atoms with van der Waals surface area (Å²) in [5.74, 6) is 0. The number of para-hydroxylation sites is 1. The molecule has 3 heterocycles. The summed E-state index contributed by atoms with van der Waals surface area (Å²) >= 11 is 0. The summed E-state index contributed by atoms with van der Waals surface area (Å²) in [6, 6.07) is 9.87. The molecule has 2 fully saturated rings. The highest BCUT2D eigenvalue weighted by Gasteiger charge is 2.34. The number of rotatable bonds is 3. The Kier molecular flexibility index (Phi) is 3.42. The van der Waals surface area contributed by atoms with Crippen LogP contribution in [-0.4, -0.2) is 42.3 Å². The fourth-order valence-corrected chi connectivity index (χ4v) is 3.44. The van der Waals surface area contributed by atoms with Crippen molar-refractivity contribution in [3.8, 4) is 17.1 Å². The number of hydrogen-bond acceptors (Lipinski definition) is 4. The van der Waals surface area contributed by atoms with Gasteiger partial charge in [0.2, 0.25) is 0 Å². The van der Waals surface area contributed by atoms with Gasteiger partial charge in [0.15, 0.2) is 0 Å². The highest BCUT2D eigenvalue weighted by atomic mass is 16.5. The summed E-state index contributed by atoms with van der Waals surface area (Å²) < 4.78 is 5.04. The number of piperazine rings is 1. The number of methoxy groups -OCH3 is 1. The van der Waals surface area contributed by atoms with Gasteiger partial charge in [-0.25, -0.2) is 15.3 Å². The lowest BCUT2D eigenvalue weighted by Crippen LogP contribution is -2.47. The fourth-order valence-electron chi connectivity index (χ4n) is 3.44. The maximum absolute atomic E-state index is 5.04. The lowest BCUT2D eigenvalue weighted by Gasteiger charge is -2.34. The molecule has 0 saturated carbocycles. The molecule has 0 spiro atoms. The molecular weight excluding hydrogens is 276 g/mol.